The van der Waals surface area contributed by atoms with Gasteiger partial charge in [-0.05, 0) is 39.0 Å². The molecule has 134 valence electrons. The van der Waals surface area contributed by atoms with Crippen molar-refractivity contribution in [1.29, 1.82) is 0 Å². The van der Waals surface area contributed by atoms with Gasteiger partial charge in [-0.1, -0.05) is 33.2 Å². The minimum absolute atomic E-state index is 0.00859. The van der Waals surface area contributed by atoms with Crippen LogP contribution in [-0.4, -0.2) is 27.9 Å². The van der Waals surface area contributed by atoms with Crippen LogP contribution in [0.25, 0.3) is 11.3 Å². The van der Waals surface area contributed by atoms with Crippen molar-refractivity contribution in [3.05, 3.63) is 63.6 Å². The Morgan fingerprint density at radius 1 is 1.23 bits per heavy atom. The van der Waals surface area contributed by atoms with Crippen LogP contribution in [0.15, 0.2) is 45.5 Å². The Morgan fingerprint density at radius 2 is 1.92 bits per heavy atom. The van der Waals surface area contributed by atoms with Gasteiger partial charge in [-0.2, -0.15) is 0 Å². The number of ketones is 1. The first-order valence-corrected chi connectivity index (χ1v) is 8.92. The molecule has 0 saturated carbocycles. The second kappa shape index (κ2) is 7.29. The number of carbonyl (C=O) groups excluding carboxylic acids is 2. The maximum absolute atomic E-state index is 13.0. The largest absolute Gasteiger partial charge is 0.360 e. The number of hydrogen-bond acceptors (Lipinski definition) is 4. The van der Waals surface area contributed by atoms with Gasteiger partial charge in [0, 0.05) is 27.8 Å². The fraction of sp³-hybridized carbons (Fsp3) is 0.211. The summed E-state index contributed by atoms with van der Waals surface area (Å²) in [4.78, 5) is 27.9. The lowest BCUT2D eigenvalue weighted by Gasteiger charge is -2.05. The molecular weight excluding hydrogens is 398 g/mol. The number of aryl methyl sites for hydroxylation is 1. The third-order valence-electron chi connectivity index (χ3n) is 3.82. The Morgan fingerprint density at radius 3 is 2.58 bits per heavy atom. The third-order valence-corrected chi connectivity index (χ3v) is 4.35. The number of carbonyl (C=O) groups is 2. The van der Waals surface area contributed by atoms with Gasteiger partial charge >= 0.3 is 0 Å². The number of nitrogens with zero attached hydrogens (tertiary/aromatic N) is 1. The molecule has 0 unspecified atom stereocenters. The lowest BCUT2D eigenvalue weighted by molar-refractivity contribution is 0.0938. The zero-order valence-electron chi connectivity index (χ0n) is 14.6. The average Bonchev–Trinajstić information content (AvgIpc) is 3.21. The molecule has 7 heteroatoms. The Bertz CT molecular complexity index is 955. The van der Waals surface area contributed by atoms with E-state index in [0.717, 1.165) is 10.0 Å². The zero-order valence-corrected chi connectivity index (χ0v) is 16.2. The van der Waals surface area contributed by atoms with Gasteiger partial charge in [0.1, 0.15) is 17.1 Å². The highest BCUT2D eigenvalue weighted by atomic mass is 79.9. The molecule has 6 nitrogen and oxygen atoms in total. The summed E-state index contributed by atoms with van der Waals surface area (Å²) in [5.74, 6) is -0.0713. The van der Waals surface area contributed by atoms with Crippen LogP contribution in [0.4, 0.5) is 0 Å². The summed E-state index contributed by atoms with van der Waals surface area (Å²) in [6.45, 7) is 5.44. The normalized spacial score (nSPS) is 11.0. The van der Waals surface area contributed by atoms with Crippen molar-refractivity contribution in [2.24, 2.45) is 0 Å². The fourth-order valence-electron chi connectivity index (χ4n) is 2.59. The first-order chi connectivity index (χ1) is 12.4. The van der Waals surface area contributed by atoms with Crippen LogP contribution < -0.4 is 5.32 Å². The Hall–Kier alpha value is -2.67. The summed E-state index contributed by atoms with van der Waals surface area (Å²) in [6, 6.07) is 9.01. The van der Waals surface area contributed by atoms with E-state index in [-0.39, 0.29) is 17.7 Å². The van der Waals surface area contributed by atoms with Crippen molar-refractivity contribution in [2.45, 2.75) is 26.8 Å². The molecule has 0 atom stereocenters. The second-order valence-electron chi connectivity index (χ2n) is 6.23. The van der Waals surface area contributed by atoms with E-state index in [1.807, 2.05) is 38.1 Å². The van der Waals surface area contributed by atoms with Crippen molar-refractivity contribution in [3.8, 4) is 11.3 Å². The first kappa shape index (κ1) is 18.1. The number of rotatable bonds is 5. The van der Waals surface area contributed by atoms with Crippen molar-refractivity contribution in [2.75, 3.05) is 0 Å². The molecule has 1 aromatic carbocycles. The third kappa shape index (κ3) is 3.62. The van der Waals surface area contributed by atoms with Crippen LogP contribution in [0.1, 0.15) is 46.0 Å². The predicted octanol–water partition coefficient (Wildman–Crippen LogP) is 4.11. The van der Waals surface area contributed by atoms with E-state index < -0.39 is 0 Å². The number of benzene rings is 1. The lowest BCUT2D eigenvalue weighted by Crippen LogP contribution is -2.30. The van der Waals surface area contributed by atoms with E-state index in [1.165, 1.54) is 12.3 Å². The molecule has 2 N–H and O–H groups in total. The Balaban J connectivity index is 1.94. The van der Waals surface area contributed by atoms with Gasteiger partial charge in [-0.15, -0.1) is 0 Å². The SMILES string of the molecule is Cc1onc(-c2ccc(Br)cc2)c1C(=O)c1c[nH]c(C(=O)NC(C)C)c1. The topological polar surface area (TPSA) is 88.0 Å². The molecular formula is C19H18BrN3O3. The molecule has 0 bridgehead atoms. The van der Waals surface area contributed by atoms with Crippen LogP contribution in [0.2, 0.25) is 0 Å². The summed E-state index contributed by atoms with van der Waals surface area (Å²) in [6.07, 6.45) is 1.52. The molecule has 1 amide bonds. The van der Waals surface area contributed by atoms with Gasteiger partial charge in [-0.3, -0.25) is 9.59 Å². The molecule has 0 fully saturated rings. The minimum Gasteiger partial charge on any atom is -0.360 e. The van der Waals surface area contributed by atoms with Crippen LogP contribution >= 0.6 is 15.9 Å². The molecule has 0 spiro atoms. The van der Waals surface area contributed by atoms with Crippen LogP contribution in [0.3, 0.4) is 0 Å². The molecule has 0 radical (unpaired) electrons. The monoisotopic (exact) mass is 415 g/mol. The van der Waals surface area contributed by atoms with E-state index in [2.05, 4.69) is 31.4 Å². The highest BCUT2D eigenvalue weighted by Gasteiger charge is 2.24. The number of aromatic nitrogens is 2. The van der Waals surface area contributed by atoms with E-state index >= 15 is 0 Å². The summed E-state index contributed by atoms with van der Waals surface area (Å²) in [7, 11) is 0. The molecule has 26 heavy (non-hydrogen) atoms. The average molecular weight is 416 g/mol. The number of hydrogen-bond donors (Lipinski definition) is 2. The predicted molar refractivity (Wildman–Crippen MR) is 101 cm³/mol. The second-order valence-corrected chi connectivity index (χ2v) is 7.14. The Labute approximate surface area is 159 Å². The van der Waals surface area contributed by atoms with E-state index in [0.29, 0.717) is 28.3 Å². The highest BCUT2D eigenvalue weighted by molar-refractivity contribution is 9.10. The van der Waals surface area contributed by atoms with E-state index in [1.54, 1.807) is 6.92 Å². The van der Waals surface area contributed by atoms with E-state index in [9.17, 15) is 9.59 Å². The first-order valence-electron chi connectivity index (χ1n) is 8.13. The van der Waals surface area contributed by atoms with Crippen molar-refractivity contribution in [1.82, 2.24) is 15.5 Å². The molecule has 2 aromatic heterocycles. The minimum atomic E-state index is -0.255. The van der Waals surface area contributed by atoms with Gasteiger partial charge in [0.25, 0.3) is 5.91 Å². The van der Waals surface area contributed by atoms with Gasteiger partial charge in [0.2, 0.25) is 0 Å². The Kier molecular flexibility index (Phi) is 5.08. The van der Waals surface area contributed by atoms with Crippen molar-refractivity contribution >= 4 is 27.6 Å². The van der Waals surface area contributed by atoms with Crippen molar-refractivity contribution in [3.63, 3.8) is 0 Å². The number of amides is 1. The van der Waals surface area contributed by atoms with Gasteiger partial charge in [0.05, 0.1) is 5.56 Å². The maximum atomic E-state index is 13.0. The quantitative estimate of drug-likeness (QED) is 0.613. The molecule has 3 aromatic rings. The standard InChI is InChI=1S/C19H18BrN3O3/c1-10(2)22-19(25)15-8-13(9-21-15)18(24)16-11(3)26-23-17(16)12-4-6-14(20)7-5-12/h4-10,21H,1-3H3,(H,22,25). The number of nitrogens with one attached hydrogen (secondary N) is 2. The summed E-state index contributed by atoms with van der Waals surface area (Å²) in [5, 5.41) is 6.83. The van der Waals surface area contributed by atoms with Gasteiger partial charge in [-0.25, -0.2) is 0 Å². The summed E-state index contributed by atoms with van der Waals surface area (Å²) < 4.78 is 6.19. The van der Waals surface area contributed by atoms with Gasteiger partial charge < -0.3 is 14.8 Å². The lowest BCUT2D eigenvalue weighted by atomic mass is 9.99. The summed E-state index contributed by atoms with van der Waals surface area (Å²) >= 11 is 3.39. The van der Waals surface area contributed by atoms with Gasteiger partial charge in [0.15, 0.2) is 5.78 Å². The van der Waals surface area contributed by atoms with Crippen molar-refractivity contribution < 1.29 is 14.1 Å². The molecule has 0 aliphatic heterocycles. The zero-order chi connectivity index (χ0) is 18.8. The molecule has 0 aliphatic carbocycles. The van der Waals surface area contributed by atoms with Crippen LogP contribution in [0, 0.1) is 6.92 Å². The number of aromatic amines is 1. The van der Waals surface area contributed by atoms with Crippen LogP contribution in [0.5, 0.6) is 0 Å². The maximum Gasteiger partial charge on any atom is 0.267 e. The number of H-pyrrole nitrogens is 1. The van der Waals surface area contributed by atoms with E-state index in [4.69, 9.17) is 4.52 Å². The molecule has 0 saturated heterocycles. The highest BCUT2D eigenvalue weighted by Crippen LogP contribution is 2.28. The van der Waals surface area contributed by atoms with Crippen LogP contribution in [-0.2, 0) is 0 Å². The smallest absolute Gasteiger partial charge is 0.267 e. The molecule has 2 heterocycles. The molecule has 0 aliphatic rings. The fourth-order valence-corrected chi connectivity index (χ4v) is 2.85. The summed E-state index contributed by atoms with van der Waals surface area (Å²) in [5.41, 5.74) is 2.36. The number of halogens is 1. The molecule has 3 rings (SSSR count).